The minimum atomic E-state index is -0.226. The Morgan fingerprint density at radius 2 is 2.24 bits per heavy atom. The Morgan fingerprint density at radius 3 is 2.90 bits per heavy atom. The van der Waals surface area contributed by atoms with Gasteiger partial charge in [-0.2, -0.15) is 0 Å². The largest absolute Gasteiger partial charge is 0.491 e. The molecule has 2 aromatic rings. The van der Waals surface area contributed by atoms with Gasteiger partial charge in [-0.3, -0.25) is 4.79 Å². The molecule has 6 nitrogen and oxygen atoms in total. The number of rotatable bonds is 6. The number of carbonyl (C=O) groups excluding carboxylic acids is 1. The van der Waals surface area contributed by atoms with Crippen LogP contribution in [0.5, 0.6) is 5.75 Å². The van der Waals surface area contributed by atoms with Gasteiger partial charge in [0.2, 0.25) is 0 Å². The highest BCUT2D eigenvalue weighted by molar-refractivity contribution is 7.17. The van der Waals surface area contributed by atoms with Crippen LogP contribution in [0.2, 0.25) is 0 Å². The fourth-order valence-electron chi connectivity index (χ4n) is 1.72. The molecule has 0 bridgehead atoms. The van der Waals surface area contributed by atoms with Crippen LogP contribution in [0.15, 0.2) is 24.3 Å². The molecule has 0 radical (unpaired) electrons. The van der Waals surface area contributed by atoms with Gasteiger partial charge in [-0.15, -0.1) is 0 Å². The number of amides is 1. The number of benzene rings is 1. The first-order chi connectivity index (χ1) is 10.1. The summed E-state index contributed by atoms with van der Waals surface area (Å²) < 4.78 is 10.4. The van der Waals surface area contributed by atoms with Crippen LogP contribution in [0.3, 0.4) is 0 Å². The van der Waals surface area contributed by atoms with Crippen LogP contribution in [0, 0.1) is 6.92 Å². The van der Waals surface area contributed by atoms with Crippen LogP contribution in [-0.2, 0) is 4.74 Å². The smallest absolute Gasteiger partial charge is 0.267 e. The highest BCUT2D eigenvalue weighted by atomic mass is 32.1. The third-order valence-electron chi connectivity index (χ3n) is 2.67. The van der Waals surface area contributed by atoms with Gasteiger partial charge in [-0.05, 0) is 19.1 Å². The summed E-state index contributed by atoms with van der Waals surface area (Å²) in [7, 11) is 1.61. The Hall–Kier alpha value is -2.12. The molecule has 21 heavy (non-hydrogen) atoms. The topological polar surface area (TPSA) is 86.5 Å². The molecular weight excluding hydrogens is 290 g/mol. The summed E-state index contributed by atoms with van der Waals surface area (Å²) in [5.41, 5.74) is 6.88. The lowest BCUT2D eigenvalue weighted by molar-refractivity contribution is 0.103. The molecule has 0 aliphatic heterocycles. The molecule has 0 saturated heterocycles. The molecule has 3 N–H and O–H groups in total. The van der Waals surface area contributed by atoms with Gasteiger partial charge in [0.15, 0.2) is 5.13 Å². The standard InChI is InChI=1S/C14H17N3O3S/c1-9-12(21-14(15)16-9)13(18)17-10-4-3-5-11(8-10)20-7-6-19-2/h3-5,8H,6-7H2,1-2H3,(H2,15,16)(H,17,18). The van der Waals surface area contributed by atoms with Crippen molar-refractivity contribution in [3.05, 3.63) is 34.8 Å². The molecule has 1 amide bonds. The second-order valence-electron chi connectivity index (χ2n) is 4.29. The number of anilines is 2. The first-order valence-corrected chi connectivity index (χ1v) is 7.18. The summed E-state index contributed by atoms with van der Waals surface area (Å²) in [5.74, 6) is 0.445. The van der Waals surface area contributed by atoms with E-state index in [2.05, 4.69) is 10.3 Å². The fraction of sp³-hybridized carbons (Fsp3) is 0.286. The molecule has 0 spiro atoms. The van der Waals surface area contributed by atoms with Gasteiger partial charge in [-0.25, -0.2) is 4.98 Å². The SMILES string of the molecule is COCCOc1cccc(NC(=O)c2sc(N)nc2C)c1. The lowest BCUT2D eigenvalue weighted by Gasteiger charge is -2.08. The fourth-order valence-corrected chi connectivity index (χ4v) is 2.45. The van der Waals surface area contributed by atoms with Crippen molar-refractivity contribution < 1.29 is 14.3 Å². The van der Waals surface area contributed by atoms with Gasteiger partial charge >= 0.3 is 0 Å². The Morgan fingerprint density at radius 1 is 1.43 bits per heavy atom. The Balaban J connectivity index is 2.04. The maximum atomic E-state index is 12.2. The molecule has 1 aromatic carbocycles. The Kier molecular flexibility index (Phi) is 5.13. The van der Waals surface area contributed by atoms with Gasteiger partial charge in [0.25, 0.3) is 5.91 Å². The predicted octanol–water partition coefficient (Wildman–Crippen LogP) is 2.31. The molecule has 0 fully saturated rings. The first-order valence-electron chi connectivity index (χ1n) is 6.36. The summed E-state index contributed by atoms with van der Waals surface area (Å²) in [6.07, 6.45) is 0. The van der Waals surface area contributed by atoms with Crippen molar-refractivity contribution in [3.8, 4) is 5.75 Å². The van der Waals surface area contributed by atoms with E-state index in [9.17, 15) is 4.79 Å². The summed E-state index contributed by atoms with van der Waals surface area (Å²) in [4.78, 5) is 16.7. The van der Waals surface area contributed by atoms with Crippen molar-refractivity contribution in [1.82, 2.24) is 4.98 Å². The number of ether oxygens (including phenoxy) is 2. The van der Waals surface area contributed by atoms with Crippen molar-refractivity contribution in [3.63, 3.8) is 0 Å². The molecule has 0 aliphatic carbocycles. The van der Waals surface area contributed by atoms with E-state index >= 15 is 0 Å². The second kappa shape index (κ2) is 7.05. The van der Waals surface area contributed by atoms with E-state index < -0.39 is 0 Å². The van der Waals surface area contributed by atoms with Gasteiger partial charge in [0.1, 0.15) is 17.2 Å². The summed E-state index contributed by atoms with van der Waals surface area (Å²) in [6, 6.07) is 7.18. The zero-order valence-electron chi connectivity index (χ0n) is 11.9. The van der Waals surface area contributed by atoms with Crippen LogP contribution in [-0.4, -0.2) is 31.2 Å². The normalized spacial score (nSPS) is 10.4. The second-order valence-corrected chi connectivity index (χ2v) is 5.32. The van der Waals surface area contributed by atoms with E-state index in [-0.39, 0.29) is 5.91 Å². The number of thiazole rings is 1. The molecule has 2 rings (SSSR count). The van der Waals surface area contributed by atoms with E-state index in [1.807, 2.05) is 12.1 Å². The van der Waals surface area contributed by atoms with Crippen molar-refractivity contribution in [2.24, 2.45) is 0 Å². The molecule has 0 aliphatic rings. The first kappa shape index (κ1) is 15.3. The quantitative estimate of drug-likeness (QED) is 0.800. The van der Waals surface area contributed by atoms with Crippen molar-refractivity contribution in [2.45, 2.75) is 6.92 Å². The number of carbonyl (C=O) groups is 1. The van der Waals surface area contributed by atoms with E-state index in [1.54, 1.807) is 26.2 Å². The van der Waals surface area contributed by atoms with E-state index in [1.165, 1.54) is 11.3 Å². The molecule has 0 unspecified atom stereocenters. The molecule has 1 aromatic heterocycles. The number of hydrogen-bond donors (Lipinski definition) is 2. The highest BCUT2D eigenvalue weighted by Crippen LogP contribution is 2.22. The summed E-state index contributed by atoms with van der Waals surface area (Å²) >= 11 is 1.17. The van der Waals surface area contributed by atoms with E-state index in [4.69, 9.17) is 15.2 Å². The van der Waals surface area contributed by atoms with Gasteiger partial charge in [-0.1, -0.05) is 17.4 Å². The van der Waals surface area contributed by atoms with Gasteiger partial charge in [0, 0.05) is 18.9 Å². The number of aryl methyl sites for hydroxylation is 1. The zero-order valence-corrected chi connectivity index (χ0v) is 12.7. The number of methoxy groups -OCH3 is 1. The average molecular weight is 307 g/mol. The minimum Gasteiger partial charge on any atom is -0.491 e. The molecular formula is C14H17N3O3S. The van der Waals surface area contributed by atoms with Crippen LogP contribution in [0.25, 0.3) is 0 Å². The van der Waals surface area contributed by atoms with Gasteiger partial charge < -0.3 is 20.5 Å². The predicted molar refractivity (Wildman–Crippen MR) is 83.0 cm³/mol. The lowest BCUT2D eigenvalue weighted by atomic mass is 10.3. The van der Waals surface area contributed by atoms with Crippen LogP contribution >= 0.6 is 11.3 Å². The third-order valence-corrected chi connectivity index (χ3v) is 3.65. The number of nitrogen functional groups attached to an aromatic ring is 1. The minimum absolute atomic E-state index is 0.226. The van der Waals surface area contributed by atoms with Crippen LogP contribution in [0.4, 0.5) is 10.8 Å². The third kappa shape index (κ3) is 4.17. The van der Waals surface area contributed by atoms with Gasteiger partial charge in [0.05, 0.1) is 12.3 Å². The maximum absolute atomic E-state index is 12.2. The Labute approximate surface area is 126 Å². The summed E-state index contributed by atoms with van der Waals surface area (Å²) in [5, 5.41) is 3.19. The van der Waals surface area contributed by atoms with Crippen molar-refractivity contribution in [1.29, 1.82) is 0 Å². The molecule has 7 heteroatoms. The van der Waals surface area contributed by atoms with Crippen molar-refractivity contribution in [2.75, 3.05) is 31.4 Å². The van der Waals surface area contributed by atoms with Crippen LogP contribution in [0.1, 0.15) is 15.4 Å². The van der Waals surface area contributed by atoms with E-state index in [0.29, 0.717) is 40.4 Å². The summed E-state index contributed by atoms with van der Waals surface area (Å²) in [6.45, 7) is 2.72. The van der Waals surface area contributed by atoms with Crippen molar-refractivity contribution >= 4 is 28.1 Å². The molecule has 112 valence electrons. The monoisotopic (exact) mass is 307 g/mol. The number of nitrogens with two attached hydrogens (primary N) is 1. The molecule has 0 saturated carbocycles. The van der Waals surface area contributed by atoms with E-state index in [0.717, 1.165) is 0 Å². The number of hydrogen-bond acceptors (Lipinski definition) is 6. The highest BCUT2D eigenvalue weighted by Gasteiger charge is 2.14. The lowest BCUT2D eigenvalue weighted by Crippen LogP contribution is -2.11. The molecule has 0 atom stereocenters. The zero-order chi connectivity index (χ0) is 15.2. The number of nitrogens with one attached hydrogen (secondary N) is 1. The number of nitrogens with zero attached hydrogens (tertiary/aromatic N) is 1. The maximum Gasteiger partial charge on any atom is 0.267 e. The average Bonchev–Trinajstić information content (AvgIpc) is 2.78. The van der Waals surface area contributed by atoms with Crippen LogP contribution < -0.4 is 15.8 Å². The number of aromatic nitrogens is 1. The Bertz CT molecular complexity index is 628. The molecule has 1 heterocycles.